The van der Waals surface area contributed by atoms with Gasteiger partial charge >= 0.3 is 6.18 Å². The zero-order chi connectivity index (χ0) is 13.8. The van der Waals surface area contributed by atoms with E-state index in [9.17, 15) is 17.6 Å². The monoisotopic (exact) mass is 265 g/mol. The van der Waals surface area contributed by atoms with Crippen molar-refractivity contribution < 1.29 is 22.3 Å². The highest BCUT2D eigenvalue weighted by atomic mass is 19.4. The quantitative estimate of drug-likeness (QED) is 0.655. The number of nitrogens with two attached hydrogens (primary N) is 1. The molecular formula is C12H15F4NO. The van der Waals surface area contributed by atoms with Crippen LogP contribution in [0.4, 0.5) is 17.6 Å². The fourth-order valence-electron chi connectivity index (χ4n) is 1.51. The minimum Gasteiger partial charge on any atom is -0.382 e. The van der Waals surface area contributed by atoms with Crippen LogP contribution in [0.5, 0.6) is 0 Å². The van der Waals surface area contributed by atoms with Gasteiger partial charge < -0.3 is 10.5 Å². The Labute approximate surface area is 103 Å². The fraction of sp³-hybridized carbons (Fsp3) is 0.500. The molecule has 0 aliphatic carbocycles. The molecule has 1 aromatic rings. The van der Waals surface area contributed by atoms with Gasteiger partial charge in [-0.05, 0) is 31.0 Å². The average molecular weight is 265 g/mol. The molecule has 18 heavy (non-hydrogen) atoms. The summed E-state index contributed by atoms with van der Waals surface area (Å²) in [5, 5.41) is 0. The van der Waals surface area contributed by atoms with Crippen molar-refractivity contribution in [3.8, 4) is 0 Å². The van der Waals surface area contributed by atoms with Crippen molar-refractivity contribution >= 4 is 0 Å². The molecule has 0 aromatic heterocycles. The summed E-state index contributed by atoms with van der Waals surface area (Å²) in [6.07, 6.45) is -4.32. The Balaban J connectivity index is 2.84. The molecule has 0 amide bonds. The first-order chi connectivity index (χ1) is 8.36. The van der Waals surface area contributed by atoms with E-state index >= 15 is 0 Å². The summed E-state index contributed by atoms with van der Waals surface area (Å²) in [5.41, 5.74) is 4.70. The fourth-order valence-corrected chi connectivity index (χ4v) is 1.51. The molecule has 1 atom stereocenters. The van der Waals surface area contributed by atoms with Gasteiger partial charge in [0, 0.05) is 19.3 Å². The topological polar surface area (TPSA) is 35.2 Å². The number of alkyl halides is 3. The van der Waals surface area contributed by atoms with E-state index in [-0.39, 0.29) is 5.56 Å². The van der Waals surface area contributed by atoms with Gasteiger partial charge in [0.2, 0.25) is 0 Å². The number of halogens is 4. The third-order valence-corrected chi connectivity index (χ3v) is 2.50. The molecule has 0 spiro atoms. The predicted octanol–water partition coefficient (Wildman–Crippen LogP) is 3.27. The Morgan fingerprint density at radius 1 is 1.33 bits per heavy atom. The van der Waals surface area contributed by atoms with Crippen LogP contribution < -0.4 is 5.73 Å². The molecular weight excluding hydrogens is 250 g/mol. The Morgan fingerprint density at radius 2 is 2.00 bits per heavy atom. The number of ether oxygens (including phenoxy) is 1. The molecule has 0 fully saturated rings. The molecule has 1 rings (SSSR count). The van der Waals surface area contributed by atoms with Gasteiger partial charge in [0.05, 0.1) is 5.56 Å². The number of rotatable bonds is 5. The van der Waals surface area contributed by atoms with Gasteiger partial charge in [-0.3, -0.25) is 0 Å². The van der Waals surface area contributed by atoms with Gasteiger partial charge in [0.15, 0.2) is 0 Å². The van der Waals surface area contributed by atoms with Crippen molar-refractivity contribution in [3.63, 3.8) is 0 Å². The van der Waals surface area contributed by atoms with Crippen LogP contribution in [0.1, 0.15) is 30.5 Å². The highest BCUT2D eigenvalue weighted by molar-refractivity contribution is 5.29. The van der Waals surface area contributed by atoms with E-state index in [2.05, 4.69) is 0 Å². The van der Waals surface area contributed by atoms with Crippen molar-refractivity contribution in [2.24, 2.45) is 5.73 Å². The van der Waals surface area contributed by atoms with Crippen LogP contribution in [0.3, 0.4) is 0 Å². The van der Waals surface area contributed by atoms with Crippen molar-refractivity contribution in [1.82, 2.24) is 0 Å². The summed E-state index contributed by atoms with van der Waals surface area (Å²) in [4.78, 5) is 0. The maximum absolute atomic E-state index is 13.1. The summed E-state index contributed by atoms with van der Waals surface area (Å²) < 4.78 is 55.6. The van der Waals surface area contributed by atoms with Crippen LogP contribution in [0.25, 0.3) is 0 Å². The number of hydrogen-bond donors (Lipinski definition) is 1. The van der Waals surface area contributed by atoms with E-state index in [1.165, 1.54) is 6.07 Å². The summed E-state index contributed by atoms with van der Waals surface area (Å²) in [6, 6.07) is 2.21. The van der Waals surface area contributed by atoms with E-state index < -0.39 is 23.6 Å². The lowest BCUT2D eigenvalue weighted by Gasteiger charge is -2.15. The molecule has 0 saturated heterocycles. The zero-order valence-corrected chi connectivity index (χ0v) is 9.93. The largest absolute Gasteiger partial charge is 0.419 e. The van der Waals surface area contributed by atoms with Crippen LogP contribution in [0.2, 0.25) is 0 Å². The lowest BCUT2D eigenvalue weighted by Crippen LogP contribution is -2.15. The standard InChI is InChI=1S/C12H15F4NO/c1-2-18-6-5-11(17)8-3-4-10(13)9(7-8)12(14,15)16/h3-4,7,11H,2,5-6,17H2,1H3. The van der Waals surface area contributed by atoms with Crippen LogP contribution in [0, 0.1) is 5.82 Å². The number of benzene rings is 1. The van der Waals surface area contributed by atoms with Gasteiger partial charge in [0.25, 0.3) is 0 Å². The average Bonchev–Trinajstić information content (AvgIpc) is 2.28. The second kappa shape index (κ2) is 6.15. The normalized spacial score (nSPS) is 13.7. The van der Waals surface area contributed by atoms with Crippen LogP contribution in [0.15, 0.2) is 18.2 Å². The first-order valence-corrected chi connectivity index (χ1v) is 5.56. The molecule has 0 bridgehead atoms. The first-order valence-electron chi connectivity index (χ1n) is 5.56. The summed E-state index contributed by atoms with van der Waals surface area (Å²) in [6.45, 7) is 2.69. The lowest BCUT2D eigenvalue weighted by molar-refractivity contribution is -0.140. The summed E-state index contributed by atoms with van der Waals surface area (Å²) in [7, 11) is 0. The minimum atomic E-state index is -4.71. The van der Waals surface area contributed by atoms with Crippen molar-refractivity contribution in [3.05, 3.63) is 35.1 Å². The van der Waals surface area contributed by atoms with Gasteiger partial charge in [-0.1, -0.05) is 6.07 Å². The second-order valence-electron chi connectivity index (χ2n) is 3.83. The Kier molecular flexibility index (Phi) is 5.10. The van der Waals surface area contributed by atoms with Crippen LogP contribution in [-0.4, -0.2) is 13.2 Å². The Morgan fingerprint density at radius 3 is 2.56 bits per heavy atom. The summed E-state index contributed by atoms with van der Waals surface area (Å²) >= 11 is 0. The van der Waals surface area contributed by atoms with E-state index in [1.54, 1.807) is 0 Å². The molecule has 2 nitrogen and oxygen atoms in total. The minimum absolute atomic E-state index is 0.253. The van der Waals surface area contributed by atoms with Gasteiger partial charge in [0.1, 0.15) is 5.82 Å². The SMILES string of the molecule is CCOCCC(N)c1ccc(F)c(C(F)(F)F)c1. The molecule has 0 aliphatic heterocycles. The van der Waals surface area contributed by atoms with Crippen LogP contribution in [-0.2, 0) is 10.9 Å². The van der Waals surface area contributed by atoms with Crippen molar-refractivity contribution in [1.29, 1.82) is 0 Å². The van der Waals surface area contributed by atoms with E-state index in [0.717, 1.165) is 12.1 Å². The van der Waals surface area contributed by atoms with E-state index in [1.807, 2.05) is 6.92 Å². The third kappa shape index (κ3) is 3.96. The zero-order valence-electron chi connectivity index (χ0n) is 9.93. The Bertz CT molecular complexity index is 392. The molecule has 0 heterocycles. The molecule has 1 aromatic carbocycles. The maximum atomic E-state index is 13.1. The van der Waals surface area contributed by atoms with Gasteiger partial charge in [-0.25, -0.2) is 4.39 Å². The third-order valence-electron chi connectivity index (χ3n) is 2.50. The lowest BCUT2D eigenvalue weighted by atomic mass is 10.0. The van der Waals surface area contributed by atoms with E-state index in [0.29, 0.717) is 19.6 Å². The van der Waals surface area contributed by atoms with Crippen molar-refractivity contribution in [2.45, 2.75) is 25.6 Å². The molecule has 0 aliphatic rings. The predicted molar refractivity (Wildman–Crippen MR) is 59.4 cm³/mol. The van der Waals surface area contributed by atoms with Gasteiger partial charge in [-0.2, -0.15) is 13.2 Å². The van der Waals surface area contributed by atoms with Crippen molar-refractivity contribution in [2.75, 3.05) is 13.2 Å². The molecule has 0 saturated carbocycles. The first kappa shape index (κ1) is 14.9. The number of hydrogen-bond acceptors (Lipinski definition) is 2. The molecule has 1 unspecified atom stereocenters. The van der Waals surface area contributed by atoms with Gasteiger partial charge in [-0.15, -0.1) is 0 Å². The molecule has 2 N–H and O–H groups in total. The molecule has 102 valence electrons. The highest BCUT2D eigenvalue weighted by Crippen LogP contribution is 2.33. The highest BCUT2D eigenvalue weighted by Gasteiger charge is 2.34. The van der Waals surface area contributed by atoms with Crippen LogP contribution >= 0.6 is 0 Å². The van der Waals surface area contributed by atoms with E-state index in [4.69, 9.17) is 10.5 Å². The smallest absolute Gasteiger partial charge is 0.382 e. The summed E-state index contributed by atoms with van der Waals surface area (Å²) in [5.74, 6) is -1.29. The Hall–Kier alpha value is -1.14. The second-order valence-corrected chi connectivity index (χ2v) is 3.83. The molecule has 0 radical (unpaired) electrons. The maximum Gasteiger partial charge on any atom is 0.419 e. The molecule has 6 heteroatoms.